The smallest absolute Gasteiger partial charge is 0.215 e. The van der Waals surface area contributed by atoms with Crippen molar-refractivity contribution in [3.8, 4) is 5.88 Å². The zero-order chi connectivity index (χ0) is 12.6. The lowest BCUT2D eigenvalue weighted by atomic mass is 9.76. The van der Waals surface area contributed by atoms with Crippen LogP contribution in [0.1, 0.15) is 32.6 Å². The molecule has 1 saturated carbocycles. The number of nitrogens with one attached hydrogen (secondary N) is 2. The summed E-state index contributed by atoms with van der Waals surface area (Å²) >= 11 is 0. The lowest BCUT2D eigenvalue weighted by Gasteiger charge is -2.44. The molecular formula is C14H21N3O. The zero-order valence-electron chi connectivity index (χ0n) is 11.1. The molecule has 1 aromatic heterocycles. The average Bonchev–Trinajstić information content (AvgIpc) is 2.41. The van der Waals surface area contributed by atoms with Crippen molar-refractivity contribution in [2.45, 2.75) is 38.1 Å². The fourth-order valence-electron chi connectivity index (χ4n) is 2.97. The number of aromatic nitrogens is 1. The first-order valence-electron chi connectivity index (χ1n) is 6.78. The summed E-state index contributed by atoms with van der Waals surface area (Å²) in [5.74, 6) is 2.47. The highest BCUT2D eigenvalue weighted by atomic mass is 16.5. The molecule has 1 aliphatic heterocycles. The molecule has 2 N–H and O–H groups in total. The summed E-state index contributed by atoms with van der Waals surface area (Å²) in [5, 5.41) is 7.16. The molecule has 0 bridgehead atoms. The average molecular weight is 247 g/mol. The Morgan fingerprint density at radius 1 is 1.33 bits per heavy atom. The van der Waals surface area contributed by atoms with Crippen molar-refractivity contribution < 1.29 is 4.74 Å². The molecule has 18 heavy (non-hydrogen) atoms. The predicted octanol–water partition coefficient (Wildman–Crippen LogP) is 2.88. The second-order valence-corrected chi connectivity index (χ2v) is 5.69. The summed E-state index contributed by atoms with van der Waals surface area (Å²) in [4.78, 5) is 4.50. The van der Waals surface area contributed by atoms with Crippen LogP contribution in [-0.2, 0) is 0 Å². The molecule has 1 aromatic rings. The predicted molar refractivity (Wildman–Crippen MR) is 73.3 cm³/mol. The topological polar surface area (TPSA) is 46.2 Å². The van der Waals surface area contributed by atoms with E-state index >= 15 is 0 Å². The molecule has 2 aliphatic rings. The molecular weight excluding hydrogens is 226 g/mol. The van der Waals surface area contributed by atoms with Crippen LogP contribution in [0.5, 0.6) is 5.88 Å². The number of pyridine rings is 1. The maximum atomic E-state index is 5.19. The molecule has 0 saturated heterocycles. The van der Waals surface area contributed by atoms with E-state index in [2.05, 4.69) is 22.5 Å². The van der Waals surface area contributed by atoms with Crippen molar-refractivity contribution in [2.75, 3.05) is 24.3 Å². The minimum absolute atomic E-state index is 0.193. The van der Waals surface area contributed by atoms with Crippen LogP contribution in [0.25, 0.3) is 0 Å². The van der Waals surface area contributed by atoms with Crippen LogP contribution in [-0.4, -0.2) is 24.2 Å². The molecule has 98 valence electrons. The van der Waals surface area contributed by atoms with Crippen LogP contribution in [0.3, 0.4) is 0 Å². The number of anilines is 2. The van der Waals surface area contributed by atoms with Gasteiger partial charge >= 0.3 is 0 Å². The number of nitrogens with zero attached hydrogens (tertiary/aromatic N) is 1. The van der Waals surface area contributed by atoms with Crippen LogP contribution in [0.4, 0.5) is 11.5 Å². The summed E-state index contributed by atoms with van der Waals surface area (Å²) in [5.41, 5.74) is 1.28. The largest absolute Gasteiger partial charge is 0.481 e. The quantitative estimate of drug-likeness (QED) is 0.801. The van der Waals surface area contributed by atoms with Crippen molar-refractivity contribution in [2.24, 2.45) is 5.92 Å². The van der Waals surface area contributed by atoms with E-state index in [4.69, 9.17) is 4.74 Å². The minimum atomic E-state index is 0.193. The Labute approximate surface area is 108 Å². The highest BCUT2D eigenvalue weighted by molar-refractivity contribution is 5.69. The molecule has 4 nitrogen and oxygen atoms in total. The van der Waals surface area contributed by atoms with Gasteiger partial charge in [0.1, 0.15) is 0 Å². The first kappa shape index (κ1) is 11.6. The maximum absolute atomic E-state index is 5.19. The first-order chi connectivity index (χ1) is 8.71. The van der Waals surface area contributed by atoms with Gasteiger partial charge in [-0.2, -0.15) is 4.98 Å². The number of rotatable bonds is 1. The second-order valence-electron chi connectivity index (χ2n) is 5.69. The van der Waals surface area contributed by atoms with Gasteiger partial charge in [-0.15, -0.1) is 0 Å². The fraction of sp³-hybridized carbons (Fsp3) is 0.643. The molecule has 0 amide bonds. The number of methoxy groups -OCH3 is 1. The fourth-order valence-corrected chi connectivity index (χ4v) is 2.97. The Morgan fingerprint density at radius 2 is 2.11 bits per heavy atom. The highest BCUT2D eigenvalue weighted by Gasteiger charge is 2.37. The van der Waals surface area contributed by atoms with E-state index in [-0.39, 0.29) is 5.54 Å². The van der Waals surface area contributed by atoms with Gasteiger partial charge in [0.25, 0.3) is 0 Å². The third kappa shape index (κ3) is 2.00. The number of hydrogen-bond donors (Lipinski definition) is 2. The molecule has 1 spiro atoms. The van der Waals surface area contributed by atoms with E-state index in [1.54, 1.807) is 7.11 Å². The normalized spacial score (nSPS) is 30.2. The molecule has 0 atom stereocenters. The SMILES string of the molecule is COc1ccc2c(n1)NC1(CCC(C)CC1)CN2. The second kappa shape index (κ2) is 4.34. The van der Waals surface area contributed by atoms with Crippen LogP contribution in [0, 0.1) is 5.92 Å². The standard InChI is InChI=1S/C14H21N3O/c1-10-5-7-14(8-6-10)9-15-11-3-4-12(18-2)16-13(11)17-14/h3-4,10,15H,5-9H2,1-2H3,(H,16,17). The third-order valence-electron chi connectivity index (χ3n) is 4.31. The Morgan fingerprint density at radius 3 is 2.83 bits per heavy atom. The van der Waals surface area contributed by atoms with E-state index in [9.17, 15) is 0 Å². The summed E-state index contributed by atoms with van der Waals surface area (Å²) in [6.07, 6.45) is 5.04. The Kier molecular flexibility index (Phi) is 2.80. The lowest BCUT2D eigenvalue weighted by Crippen LogP contribution is -2.50. The van der Waals surface area contributed by atoms with Crippen LogP contribution in [0.2, 0.25) is 0 Å². The maximum Gasteiger partial charge on any atom is 0.215 e. The van der Waals surface area contributed by atoms with Gasteiger partial charge in [-0.05, 0) is 37.7 Å². The van der Waals surface area contributed by atoms with Crippen LogP contribution in [0.15, 0.2) is 12.1 Å². The van der Waals surface area contributed by atoms with Crippen molar-refractivity contribution in [1.82, 2.24) is 4.98 Å². The van der Waals surface area contributed by atoms with Crippen molar-refractivity contribution in [1.29, 1.82) is 0 Å². The van der Waals surface area contributed by atoms with Gasteiger partial charge in [0.2, 0.25) is 5.88 Å². The number of fused-ring (bicyclic) bond motifs is 1. The van der Waals surface area contributed by atoms with E-state index in [0.29, 0.717) is 5.88 Å². The van der Waals surface area contributed by atoms with Gasteiger partial charge in [-0.3, -0.25) is 0 Å². The van der Waals surface area contributed by atoms with E-state index < -0.39 is 0 Å². The molecule has 0 radical (unpaired) electrons. The van der Waals surface area contributed by atoms with Crippen molar-refractivity contribution in [3.63, 3.8) is 0 Å². The summed E-state index contributed by atoms with van der Waals surface area (Å²) in [6.45, 7) is 3.35. The summed E-state index contributed by atoms with van der Waals surface area (Å²) in [7, 11) is 1.66. The van der Waals surface area contributed by atoms with Crippen molar-refractivity contribution >= 4 is 11.5 Å². The third-order valence-corrected chi connectivity index (χ3v) is 4.31. The van der Waals surface area contributed by atoms with Gasteiger partial charge in [0.05, 0.1) is 18.3 Å². The van der Waals surface area contributed by atoms with Gasteiger partial charge in [0.15, 0.2) is 5.82 Å². The van der Waals surface area contributed by atoms with E-state index in [1.165, 1.54) is 25.7 Å². The van der Waals surface area contributed by atoms with Crippen LogP contribution < -0.4 is 15.4 Å². The molecule has 3 rings (SSSR count). The summed E-state index contributed by atoms with van der Waals surface area (Å²) in [6, 6.07) is 3.93. The monoisotopic (exact) mass is 247 g/mol. The minimum Gasteiger partial charge on any atom is -0.481 e. The molecule has 0 unspecified atom stereocenters. The van der Waals surface area contributed by atoms with Gasteiger partial charge < -0.3 is 15.4 Å². The summed E-state index contributed by atoms with van der Waals surface area (Å²) < 4.78 is 5.19. The molecule has 4 heteroatoms. The van der Waals surface area contributed by atoms with Gasteiger partial charge in [-0.25, -0.2) is 0 Å². The Balaban J connectivity index is 1.83. The molecule has 1 aliphatic carbocycles. The van der Waals surface area contributed by atoms with Gasteiger partial charge in [0, 0.05) is 12.6 Å². The van der Waals surface area contributed by atoms with Crippen molar-refractivity contribution in [3.05, 3.63) is 12.1 Å². The molecule has 2 heterocycles. The number of hydrogen-bond acceptors (Lipinski definition) is 4. The lowest BCUT2D eigenvalue weighted by molar-refractivity contribution is 0.273. The first-order valence-corrected chi connectivity index (χ1v) is 6.78. The Bertz CT molecular complexity index is 439. The van der Waals surface area contributed by atoms with Gasteiger partial charge in [-0.1, -0.05) is 6.92 Å². The van der Waals surface area contributed by atoms with E-state index in [0.717, 1.165) is 24.0 Å². The molecule has 0 aromatic carbocycles. The zero-order valence-corrected chi connectivity index (χ0v) is 11.1. The Hall–Kier alpha value is -1.45. The molecule has 1 fully saturated rings. The number of ether oxygens (including phenoxy) is 1. The van der Waals surface area contributed by atoms with E-state index in [1.807, 2.05) is 12.1 Å². The van der Waals surface area contributed by atoms with Crippen LogP contribution >= 0.6 is 0 Å². The highest BCUT2D eigenvalue weighted by Crippen LogP contribution is 2.39.